The molecule has 0 bridgehead atoms. The molecule has 11 nitrogen and oxygen atoms in total. The minimum Gasteiger partial charge on any atom is -0.455 e. The predicted octanol–water partition coefficient (Wildman–Crippen LogP) is 4.98. The van der Waals surface area contributed by atoms with Crippen molar-refractivity contribution in [3.8, 4) is 11.5 Å². The summed E-state index contributed by atoms with van der Waals surface area (Å²) in [6.07, 6.45) is 4.95. The molecule has 1 fully saturated rings. The van der Waals surface area contributed by atoms with E-state index in [1.54, 1.807) is 17.9 Å². The van der Waals surface area contributed by atoms with E-state index in [4.69, 9.17) is 9.72 Å². The molecule has 0 unspecified atom stereocenters. The number of nitrogens with zero attached hydrogens (tertiary/aromatic N) is 8. The van der Waals surface area contributed by atoms with Crippen molar-refractivity contribution in [2.24, 2.45) is 0 Å². The van der Waals surface area contributed by atoms with Gasteiger partial charge in [-0.1, -0.05) is 6.58 Å². The smallest absolute Gasteiger partial charge is 0.321 e. The molecule has 6 rings (SSSR count). The molecular formula is C28H24F3N9O2. The number of carbonyl (C=O) groups excluding carboxylic acids is 1. The molecule has 14 heteroatoms. The Hall–Kier alpha value is -5.27. The van der Waals surface area contributed by atoms with E-state index in [-0.39, 0.29) is 39.8 Å². The number of anilines is 3. The third kappa shape index (κ3) is 5.02. The summed E-state index contributed by atoms with van der Waals surface area (Å²) >= 11 is 0. The van der Waals surface area contributed by atoms with Crippen LogP contribution in [0.1, 0.15) is 12.1 Å². The number of nitrogens with one attached hydrogen (secondary N) is 1. The highest BCUT2D eigenvalue weighted by molar-refractivity contribution is 5.89. The summed E-state index contributed by atoms with van der Waals surface area (Å²) < 4.78 is 48.2. The number of aromatic nitrogens is 6. The van der Waals surface area contributed by atoms with Crippen LogP contribution < -0.4 is 15.0 Å². The highest BCUT2D eigenvalue weighted by Crippen LogP contribution is 2.33. The number of pyridine rings is 2. The second-order valence-electron chi connectivity index (χ2n) is 9.50. The number of halogens is 3. The Kier molecular flexibility index (Phi) is 7.02. The number of benzene rings is 1. The lowest BCUT2D eigenvalue weighted by Crippen LogP contribution is -2.48. The Balaban J connectivity index is 1.23. The van der Waals surface area contributed by atoms with Gasteiger partial charge in [-0.3, -0.25) is 9.36 Å². The summed E-state index contributed by atoms with van der Waals surface area (Å²) in [7, 11) is 0. The first-order valence-corrected chi connectivity index (χ1v) is 12.9. The fraction of sp³-hybridized carbons (Fsp3) is 0.214. The fourth-order valence-corrected chi connectivity index (χ4v) is 4.71. The molecule has 0 saturated carbocycles. The van der Waals surface area contributed by atoms with Gasteiger partial charge in [-0.2, -0.15) is 8.78 Å². The van der Waals surface area contributed by atoms with E-state index in [9.17, 15) is 13.6 Å². The van der Waals surface area contributed by atoms with Crippen LogP contribution >= 0.6 is 0 Å². The van der Waals surface area contributed by atoms with Crippen LogP contribution in [-0.2, 0) is 4.79 Å². The number of hydrogen-bond acceptors (Lipinski definition) is 9. The maximum Gasteiger partial charge on any atom is 0.321 e. The van der Waals surface area contributed by atoms with Crippen molar-refractivity contribution >= 4 is 45.4 Å². The summed E-state index contributed by atoms with van der Waals surface area (Å²) in [5.74, 6) is 0.769. The highest BCUT2D eigenvalue weighted by atomic mass is 19.3. The number of ether oxygens (including phenoxy) is 1. The lowest BCUT2D eigenvalue weighted by Gasteiger charge is -2.35. The first kappa shape index (κ1) is 26.9. The summed E-state index contributed by atoms with van der Waals surface area (Å²) in [6, 6.07) is 8.21. The lowest BCUT2D eigenvalue weighted by molar-refractivity contribution is -0.126. The monoisotopic (exact) mass is 575 g/mol. The van der Waals surface area contributed by atoms with Gasteiger partial charge in [-0.25, -0.2) is 29.3 Å². The molecular weight excluding hydrogens is 551 g/mol. The minimum absolute atomic E-state index is 0.0127. The van der Waals surface area contributed by atoms with Crippen LogP contribution in [0.15, 0.2) is 61.8 Å². The van der Waals surface area contributed by atoms with Crippen molar-refractivity contribution < 1.29 is 22.7 Å². The molecule has 1 N–H and O–H groups in total. The average molecular weight is 576 g/mol. The zero-order valence-electron chi connectivity index (χ0n) is 22.3. The molecule has 0 spiro atoms. The number of alkyl halides is 2. The van der Waals surface area contributed by atoms with Gasteiger partial charge in [0.1, 0.15) is 41.0 Å². The number of imidazole rings is 1. The number of rotatable bonds is 7. The maximum atomic E-state index is 15.5. The molecule has 5 heterocycles. The van der Waals surface area contributed by atoms with E-state index < -0.39 is 12.4 Å². The van der Waals surface area contributed by atoms with Gasteiger partial charge in [0, 0.05) is 37.8 Å². The maximum absolute atomic E-state index is 15.5. The first-order valence-electron chi connectivity index (χ1n) is 12.9. The summed E-state index contributed by atoms with van der Waals surface area (Å²) in [5.41, 5.74) is 1.62. The minimum atomic E-state index is -2.77. The third-order valence-corrected chi connectivity index (χ3v) is 6.97. The molecule has 0 aliphatic carbocycles. The van der Waals surface area contributed by atoms with E-state index >= 15 is 4.39 Å². The Morgan fingerprint density at radius 1 is 1.07 bits per heavy atom. The van der Waals surface area contributed by atoms with Crippen LogP contribution in [0.3, 0.4) is 0 Å². The van der Waals surface area contributed by atoms with Crippen molar-refractivity contribution in [2.45, 2.75) is 13.5 Å². The number of fused-ring (bicyclic) bond motifs is 2. The third-order valence-electron chi connectivity index (χ3n) is 6.97. The average Bonchev–Trinajstić information content (AvgIpc) is 3.44. The van der Waals surface area contributed by atoms with Crippen LogP contribution in [-0.4, -0.2) is 66.5 Å². The van der Waals surface area contributed by atoms with Crippen LogP contribution in [0.2, 0.25) is 0 Å². The second-order valence-corrected chi connectivity index (χ2v) is 9.50. The van der Waals surface area contributed by atoms with E-state index in [1.165, 1.54) is 30.7 Å². The quantitative estimate of drug-likeness (QED) is 0.268. The largest absolute Gasteiger partial charge is 0.455 e. The predicted molar refractivity (Wildman–Crippen MR) is 150 cm³/mol. The molecule has 1 amide bonds. The molecule has 42 heavy (non-hydrogen) atoms. The molecule has 1 aromatic carbocycles. The van der Waals surface area contributed by atoms with Crippen molar-refractivity contribution in [1.82, 2.24) is 34.4 Å². The van der Waals surface area contributed by atoms with E-state index in [1.807, 2.05) is 12.1 Å². The zero-order valence-corrected chi connectivity index (χ0v) is 22.3. The summed E-state index contributed by atoms with van der Waals surface area (Å²) in [5, 5.41) is 3.02. The topological polar surface area (TPSA) is 114 Å². The summed E-state index contributed by atoms with van der Waals surface area (Å²) in [4.78, 5) is 37.0. The lowest BCUT2D eigenvalue weighted by atomic mass is 10.1. The van der Waals surface area contributed by atoms with Gasteiger partial charge in [0.15, 0.2) is 17.3 Å². The molecule has 0 radical (unpaired) electrons. The van der Waals surface area contributed by atoms with Crippen LogP contribution in [0, 0.1) is 12.7 Å². The van der Waals surface area contributed by atoms with Crippen molar-refractivity contribution in [3.05, 3.63) is 73.2 Å². The summed E-state index contributed by atoms with van der Waals surface area (Å²) in [6.45, 7) is 4.61. The van der Waals surface area contributed by atoms with Gasteiger partial charge >= 0.3 is 6.55 Å². The Bertz CT molecular complexity index is 1820. The van der Waals surface area contributed by atoms with Gasteiger partial charge in [0.25, 0.3) is 0 Å². The standard InChI is InChI=1S/C28H24F3N9O2/c1-3-23(41)39-10-8-38(9-11-39)22-7-5-19-25(37-22)26(34-14-33-19)36-18-4-6-21(16(2)24(18)29)42-17-12-20-27(32-13-17)40(15-35-20)28(30)31/h3-7,12-15,28H,1,8-11H2,2H3,(H,33,34,36). The van der Waals surface area contributed by atoms with E-state index in [2.05, 4.69) is 36.7 Å². The molecule has 5 aromatic rings. The SMILES string of the molecule is C=CC(=O)N1CCN(c2ccc3ncnc(Nc4ccc(Oc5cnc6c(c5)ncn6C(F)F)c(C)c4F)c3n2)CC1. The van der Waals surface area contributed by atoms with Gasteiger partial charge < -0.3 is 19.9 Å². The van der Waals surface area contributed by atoms with Crippen molar-refractivity contribution in [3.63, 3.8) is 0 Å². The van der Waals surface area contributed by atoms with Crippen molar-refractivity contribution in [2.75, 3.05) is 36.4 Å². The number of carbonyl (C=O) groups is 1. The molecule has 1 aliphatic heterocycles. The van der Waals surface area contributed by atoms with Gasteiger partial charge in [0.05, 0.1) is 17.4 Å². The van der Waals surface area contributed by atoms with Gasteiger partial charge in [0.2, 0.25) is 5.91 Å². The molecule has 0 atom stereocenters. The van der Waals surface area contributed by atoms with Crippen LogP contribution in [0.25, 0.3) is 22.2 Å². The molecule has 1 aliphatic rings. The van der Waals surface area contributed by atoms with E-state index in [0.717, 1.165) is 6.33 Å². The normalized spacial score (nSPS) is 13.6. The Morgan fingerprint density at radius 2 is 1.88 bits per heavy atom. The van der Waals surface area contributed by atoms with E-state index in [0.29, 0.717) is 53.4 Å². The van der Waals surface area contributed by atoms with Gasteiger partial charge in [-0.15, -0.1) is 0 Å². The Labute approximate surface area is 237 Å². The number of hydrogen-bond donors (Lipinski definition) is 1. The Morgan fingerprint density at radius 3 is 2.64 bits per heavy atom. The number of amides is 1. The van der Waals surface area contributed by atoms with Crippen LogP contribution in [0.4, 0.5) is 30.5 Å². The molecule has 1 saturated heterocycles. The zero-order chi connectivity index (χ0) is 29.4. The van der Waals surface area contributed by atoms with Gasteiger partial charge in [-0.05, 0) is 37.3 Å². The highest BCUT2D eigenvalue weighted by Gasteiger charge is 2.22. The fourth-order valence-electron chi connectivity index (χ4n) is 4.71. The molecule has 4 aromatic heterocycles. The second kappa shape index (κ2) is 11.0. The van der Waals surface area contributed by atoms with Crippen LogP contribution in [0.5, 0.6) is 11.5 Å². The number of piperazine rings is 1. The molecule has 214 valence electrons. The first-order chi connectivity index (χ1) is 20.3. The van der Waals surface area contributed by atoms with Crippen molar-refractivity contribution in [1.29, 1.82) is 0 Å².